The average Bonchev–Trinajstić information content (AvgIpc) is 3.08. The molecule has 0 unspecified atom stereocenters. The molecule has 0 aromatic heterocycles. The van der Waals surface area contributed by atoms with Crippen molar-refractivity contribution in [1.82, 2.24) is 0 Å². The minimum atomic E-state index is -0.757. The van der Waals surface area contributed by atoms with Gasteiger partial charge in [-0.15, -0.1) is 0 Å². The Hall–Kier alpha value is -1.59. The number of ether oxygens (including phenoxy) is 3. The lowest BCUT2D eigenvalue weighted by molar-refractivity contribution is -0.167. The highest BCUT2D eigenvalue weighted by molar-refractivity contribution is 5.71. The smallest absolute Gasteiger partial charge is 0.306 e. The van der Waals surface area contributed by atoms with Crippen LogP contribution < -0.4 is 0 Å². The van der Waals surface area contributed by atoms with Crippen LogP contribution in [-0.4, -0.2) is 37.2 Å². The number of rotatable bonds is 38. The molecule has 0 aliphatic carbocycles. The Morgan fingerprint density at radius 1 is 0.388 bits per heavy atom. The first-order chi connectivity index (χ1) is 23.9. The van der Waals surface area contributed by atoms with Gasteiger partial charge < -0.3 is 14.2 Å². The van der Waals surface area contributed by atoms with Gasteiger partial charge in [0.15, 0.2) is 6.10 Å². The first kappa shape index (κ1) is 47.4. The molecule has 0 saturated carbocycles. The lowest BCUT2D eigenvalue weighted by Gasteiger charge is -2.18. The fourth-order valence-electron chi connectivity index (χ4n) is 6.27. The minimum Gasteiger partial charge on any atom is -0.462 e. The summed E-state index contributed by atoms with van der Waals surface area (Å²) in [5.74, 6) is -0.0693. The number of unbranched alkanes of at least 4 members (excludes halogenated alkanes) is 25. The molecule has 0 rings (SSSR count). The molecule has 0 aliphatic rings. The molecule has 0 aromatic rings. The van der Waals surface area contributed by atoms with Gasteiger partial charge in [0.25, 0.3) is 0 Å². The van der Waals surface area contributed by atoms with Crippen molar-refractivity contribution in [2.45, 2.75) is 239 Å². The van der Waals surface area contributed by atoms with Crippen LogP contribution in [-0.2, 0) is 28.6 Å². The molecular weight excluding hydrogens is 612 g/mol. The van der Waals surface area contributed by atoms with E-state index in [4.69, 9.17) is 14.2 Å². The normalized spacial score (nSPS) is 11.9. The van der Waals surface area contributed by atoms with Crippen LogP contribution in [0.3, 0.4) is 0 Å². The van der Waals surface area contributed by atoms with Crippen molar-refractivity contribution in [2.24, 2.45) is 5.92 Å². The van der Waals surface area contributed by atoms with E-state index in [1.807, 2.05) is 0 Å². The molecule has 0 heterocycles. The second kappa shape index (κ2) is 37.7. The van der Waals surface area contributed by atoms with Gasteiger partial charge in [-0.05, 0) is 25.2 Å². The van der Waals surface area contributed by atoms with Gasteiger partial charge in [-0.3, -0.25) is 14.4 Å². The summed E-state index contributed by atoms with van der Waals surface area (Å²) in [4.78, 5) is 37.5. The average molecular weight is 695 g/mol. The van der Waals surface area contributed by atoms with Crippen molar-refractivity contribution in [3.63, 3.8) is 0 Å². The van der Waals surface area contributed by atoms with E-state index in [9.17, 15) is 14.4 Å². The van der Waals surface area contributed by atoms with Crippen LogP contribution in [0, 0.1) is 5.92 Å². The molecule has 0 radical (unpaired) electrons. The first-order valence-corrected chi connectivity index (χ1v) is 21.4. The second-order valence-electron chi connectivity index (χ2n) is 15.1. The van der Waals surface area contributed by atoms with Crippen LogP contribution in [0.15, 0.2) is 0 Å². The first-order valence-electron chi connectivity index (χ1n) is 21.4. The molecule has 0 N–H and O–H groups in total. The molecule has 49 heavy (non-hydrogen) atoms. The van der Waals surface area contributed by atoms with E-state index in [-0.39, 0.29) is 31.1 Å². The van der Waals surface area contributed by atoms with Gasteiger partial charge >= 0.3 is 17.9 Å². The Morgan fingerprint density at radius 2 is 0.673 bits per heavy atom. The molecule has 1 atom stereocenters. The van der Waals surface area contributed by atoms with Gasteiger partial charge in [0.2, 0.25) is 0 Å². The molecule has 290 valence electrons. The largest absolute Gasteiger partial charge is 0.462 e. The van der Waals surface area contributed by atoms with E-state index >= 15 is 0 Å². The Balaban J connectivity index is 4.30. The third-order valence-electron chi connectivity index (χ3n) is 9.54. The van der Waals surface area contributed by atoms with Gasteiger partial charge in [-0.1, -0.05) is 195 Å². The van der Waals surface area contributed by atoms with Crippen LogP contribution in [0.1, 0.15) is 233 Å². The zero-order valence-electron chi connectivity index (χ0n) is 33.1. The molecule has 0 fully saturated rings. The Labute approximate surface area is 304 Å². The highest BCUT2D eigenvalue weighted by Gasteiger charge is 2.19. The third kappa shape index (κ3) is 37.5. The fourth-order valence-corrected chi connectivity index (χ4v) is 6.27. The van der Waals surface area contributed by atoms with Gasteiger partial charge in [0.1, 0.15) is 13.2 Å². The molecular formula is C43H82O6. The van der Waals surface area contributed by atoms with Crippen molar-refractivity contribution < 1.29 is 28.6 Å². The summed E-state index contributed by atoms with van der Waals surface area (Å²) < 4.78 is 16.6. The number of carbonyl (C=O) groups excluding carboxylic acids is 3. The van der Waals surface area contributed by atoms with Gasteiger partial charge in [-0.25, -0.2) is 0 Å². The van der Waals surface area contributed by atoms with E-state index in [1.165, 1.54) is 128 Å². The van der Waals surface area contributed by atoms with Crippen LogP contribution in [0.4, 0.5) is 0 Å². The summed E-state index contributed by atoms with van der Waals surface area (Å²) >= 11 is 0. The standard InChI is InChI=1S/C43H82O6/c1-5-7-9-11-13-14-15-16-17-18-24-28-32-36-43(46)49-40(37-47-41(44)34-30-26-21-12-10-8-6-2)38-48-42(45)35-31-27-23-20-19-22-25-29-33-39(3)4/h39-40H,5-38H2,1-4H3/t40-/m0/s1. The summed E-state index contributed by atoms with van der Waals surface area (Å²) in [5, 5.41) is 0. The van der Waals surface area contributed by atoms with Crippen molar-refractivity contribution >= 4 is 17.9 Å². The maximum Gasteiger partial charge on any atom is 0.306 e. The molecule has 6 nitrogen and oxygen atoms in total. The molecule has 0 aromatic carbocycles. The lowest BCUT2D eigenvalue weighted by Crippen LogP contribution is -2.30. The summed E-state index contributed by atoms with van der Waals surface area (Å²) in [5.41, 5.74) is 0. The third-order valence-corrected chi connectivity index (χ3v) is 9.54. The number of hydrogen-bond acceptors (Lipinski definition) is 6. The number of carbonyl (C=O) groups is 3. The molecule has 0 spiro atoms. The molecule has 0 saturated heterocycles. The Morgan fingerprint density at radius 3 is 1.00 bits per heavy atom. The predicted molar refractivity (Wildman–Crippen MR) is 206 cm³/mol. The van der Waals surface area contributed by atoms with Crippen LogP contribution in [0.25, 0.3) is 0 Å². The van der Waals surface area contributed by atoms with E-state index in [0.717, 1.165) is 63.7 Å². The molecule has 0 bridgehead atoms. The van der Waals surface area contributed by atoms with Crippen LogP contribution >= 0.6 is 0 Å². The van der Waals surface area contributed by atoms with Crippen LogP contribution in [0.2, 0.25) is 0 Å². The molecule has 0 amide bonds. The van der Waals surface area contributed by atoms with E-state index < -0.39 is 6.10 Å². The minimum absolute atomic E-state index is 0.0652. The fraction of sp³-hybridized carbons (Fsp3) is 0.930. The zero-order valence-corrected chi connectivity index (χ0v) is 33.1. The SMILES string of the molecule is CCCCCCCCCCCCCCCC(=O)O[C@@H](COC(=O)CCCCCCCCC)COC(=O)CCCCCCCCCCC(C)C. The molecule has 0 aliphatic heterocycles. The Bertz CT molecular complexity index is 736. The topological polar surface area (TPSA) is 78.9 Å². The summed E-state index contributed by atoms with van der Waals surface area (Å²) in [6.45, 7) is 8.91. The summed E-state index contributed by atoms with van der Waals surface area (Å²) in [6.07, 6.45) is 35.3. The van der Waals surface area contributed by atoms with Crippen molar-refractivity contribution in [1.29, 1.82) is 0 Å². The number of hydrogen-bond donors (Lipinski definition) is 0. The number of esters is 3. The quantitative estimate of drug-likeness (QED) is 0.0364. The summed E-state index contributed by atoms with van der Waals surface area (Å²) in [6, 6.07) is 0. The van der Waals surface area contributed by atoms with E-state index in [2.05, 4.69) is 27.7 Å². The second-order valence-corrected chi connectivity index (χ2v) is 15.1. The molecule has 6 heteroatoms. The highest BCUT2D eigenvalue weighted by atomic mass is 16.6. The zero-order chi connectivity index (χ0) is 36.0. The van der Waals surface area contributed by atoms with Gasteiger partial charge in [0.05, 0.1) is 0 Å². The maximum atomic E-state index is 12.6. The monoisotopic (exact) mass is 695 g/mol. The van der Waals surface area contributed by atoms with E-state index in [1.54, 1.807) is 0 Å². The van der Waals surface area contributed by atoms with Crippen LogP contribution in [0.5, 0.6) is 0 Å². The van der Waals surface area contributed by atoms with Crippen molar-refractivity contribution in [2.75, 3.05) is 13.2 Å². The van der Waals surface area contributed by atoms with Crippen molar-refractivity contribution in [3.8, 4) is 0 Å². The van der Waals surface area contributed by atoms with Gasteiger partial charge in [0, 0.05) is 19.3 Å². The lowest BCUT2D eigenvalue weighted by atomic mass is 10.0. The van der Waals surface area contributed by atoms with Gasteiger partial charge in [-0.2, -0.15) is 0 Å². The van der Waals surface area contributed by atoms with E-state index in [0.29, 0.717) is 19.3 Å². The highest BCUT2D eigenvalue weighted by Crippen LogP contribution is 2.15. The summed E-state index contributed by atoms with van der Waals surface area (Å²) in [7, 11) is 0. The predicted octanol–water partition coefficient (Wildman–Crippen LogP) is 13.2. The maximum absolute atomic E-state index is 12.6. The van der Waals surface area contributed by atoms with Crippen molar-refractivity contribution in [3.05, 3.63) is 0 Å². The Kier molecular flexibility index (Phi) is 36.4.